The summed E-state index contributed by atoms with van der Waals surface area (Å²) in [6, 6.07) is 16.4. The lowest BCUT2D eigenvalue weighted by Crippen LogP contribution is -2.62. The largest absolute Gasteiger partial charge is 0.323 e. The smallest absolute Gasteiger partial charge is 0.320 e. The van der Waals surface area contributed by atoms with Crippen LogP contribution < -0.4 is 16.0 Å². The number of carbonyl (C=O) groups excluding carboxylic acids is 2. The maximum Gasteiger partial charge on any atom is 0.320 e. The number of likely N-dealkylation sites (tertiary alicyclic amines) is 1. The van der Waals surface area contributed by atoms with Crippen molar-refractivity contribution in [2.24, 2.45) is 0 Å². The van der Waals surface area contributed by atoms with E-state index in [4.69, 9.17) is 11.6 Å². The van der Waals surface area contributed by atoms with Crippen molar-refractivity contribution in [3.8, 4) is 11.1 Å². The van der Waals surface area contributed by atoms with E-state index in [1.165, 1.54) is 18.2 Å². The minimum atomic E-state index is -3.54. The average molecular weight is 559 g/mol. The highest BCUT2D eigenvalue weighted by Crippen LogP contribution is 2.31. The normalized spacial score (nSPS) is 15.5. The zero-order valence-electron chi connectivity index (χ0n) is 20.9. The van der Waals surface area contributed by atoms with Crippen LogP contribution in [0.5, 0.6) is 0 Å². The van der Waals surface area contributed by atoms with Gasteiger partial charge in [0.1, 0.15) is 11.4 Å². The fraction of sp³-hybridized carbons (Fsp3) is 0.259. The zero-order valence-corrected chi connectivity index (χ0v) is 22.5. The van der Waals surface area contributed by atoms with E-state index in [-0.39, 0.29) is 10.6 Å². The molecule has 3 aromatic rings. The molecule has 4 rings (SSSR count). The number of benzene rings is 3. The van der Waals surface area contributed by atoms with Gasteiger partial charge in [-0.2, -0.15) is 0 Å². The van der Waals surface area contributed by atoms with Gasteiger partial charge in [-0.15, -0.1) is 0 Å². The molecule has 0 unspecified atom stereocenters. The highest BCUT2D eigenvalue weighted by Gasteiger charge is 2.42. The van der Waals surface area contributed by atoms with Crippen LogP contribution in [0.2, 0.25) is 5.02 Å². The molecule has 0 aromatic heterocycles. The van der Waals surface area contributed by atoms with Crippen LogP contribution in [0.3, 0.4) is 0 Å². The summed E-state index contributed by atoms with van der Waals surface area (Å²) < 4.78 is 39.5. The SMILES string of the molecule is CN1CCC(NC(=O)Nc2ccc(Cl)cc2)(C(=O)Nc2ccc(-c3ccccc3S(C)(=O)=O)cc2F)CC1. The van der Waals surface area contributed by atoms with Crippen LogP contribution in [-0.4, -0.2) is 57.2 Å². The van der Waals surface area contributed by atoms with E-state index in [1.807, 2.05) is 11.9 Å². The minimum Gasteiger partial charge on any atom is -0.323 e. The van der Waals surface area contributed by atoms with Gasteiger partial charge in [-0.3, -0.25) is 4.79 Å². The van der Waals surface area contributed by atoms with Crippen LogP contribution in [0.15, 0.2) is 71.6 Å². The van der Waals surface area contributed by atoms with Crippen LogP contribution in [0.1, 0.15) is 12.8 Å². The Morgan fingerprint density at radius 1 is 0.974 bits per heavy atom. The van der Waals surface area contributed by atoms with Crippen molar-refractivity contribution in [3.05, 3.63) is 77.6 Å². The topological polar surface area (TPSA) is 108 Å². The Kier molecular flexibility index (Phi) is 8.05. The molecular weight excluding hydrogens is 531 g/mol. The molecule has 1 aliphatic heterocycles. The number of amides is 3. The van der Waals surface area contributed by atoms with Crippen molar-refractivity contribution in [1.29, 1.82) is 0 Å². The Morgan fingerprint density at radius 2 is 1.63 bits per heavy atom. The van der Waals surface area contributed by atoms with Crippen LogP contribution >= 0.6 is 11.6 Å². The molecule has 38 heavy (non-hydrogen) atoms. The van der Waals surface area contributed by atoms with Gasteiger partial charge < -0.3 is 20.9 Å². The first kappa shape index (κ1) is 27.6. The summed E-state index contributed by atoms with van der Waals surface area (Å²) in [5.41, 5.74) is -0.118. The van der Waals surface area contributed by atoms with Gasteiger partial charge >= 0.3 is 6.03 Å². The minimum absolute atomic E-state index is 0.0752. The standard InChI is InChI=1S/C27H28ClFN4O4S/c1-33-15-13-27(14-16-33,32-26(35)30-20-10-8-19(28)9-11-20)25(34)31-23-12-7-18(17-22(23)29)21-5-3-4-6-24(21)38(2,36)37/h3-12,17H,13-16H2,1-2H3,(H,31,34)(H2,30,32,35). The van der Waals surface area contributed by atoms with Gasteiger partial charge in [0.15, 0.2) is 9.84 Å². The third-order valence-electron chi connectivity index (χ3n) is 6.54. The fourth-order valence-corrected chi connectivity index (χ4v) is 5.41. The maximum absolute atomic E-state index is 15.2. The fourth-order valence-electron chi connectivity index (χ4n) is 4.38. The number of anilines is 2. The second-order valence-electron chi connectivity index (χ2n) is 9.39. The van der Waals surface area contributed by atoms with E-state index in [1.54, 1.807) is 48.5 Å². The molecule has 3 amide bonds. The summed E-state index contributed by atoms with van der Waals surface area (Å²) in [5.74, 6) is -1.27. The molecule has 3 N–H and O–H groups in total. The lowest BCUT2D eigenvalue weighted by Gasteiger charge is -2.39. The number of halogens is 2. The van der Waals surface area contributed by atoms with E-state index in [0.29, 0.717) is 47.8 Å². The molecule has 3 aromatic carbocycles. The third-order valence-corrected chi connectivity index (χ3v) is 7.95. The first-order valence-electron chi connectivity index (χ1n) is 11.9. The van der Waals surface area contributed by atoms with Crippen molar-refractivity contribution in [2.45, 2.75) is 23.3 Å². The molecule has 1 heterocycles. The molecular formula is C27H28ClFN4O4S. The van der Waals surface area contributed by atoms with Crippen molar-refractivity contribution in [3.63, 3.8) is 0 Å². The Bertz CT molecular complexity index is 1460. The molecule has 1 fully saturated rings. The summed E-state index contributed by atoms with van der Waals surface area (Å²) >= 11 is 5.90. The lowest BCUT2D eigenvalue weighted by atomic mass is 9.86. The van der Waals surface area contributed by atoms with Gasteiger partial charge in [0, 0.05) is 35.6 Å². The number of sulfone groups is 1. The zero-order chi connectivity index (χ0) is 27.5. The first-order valence-corrected chi connectivity index (χ1v) is 14.2. The van der Waals surface area contributed by atoms with Gasteiger partial charge in [-0.1, -0.05) is 35.9 Å². The Balaban J connectivity index is 1.55. The van der Waals surface area contributed by atoms with Crippen LogP contribution in [0.4, 0.5) is 20.6 Å². The highest BCUT2D eigenvalue weighted by molar-refractivity contribution is 7.90. The van der Waals surface area contributed by atoms with Crippen LogP contribution in [0.25, 0.3) is 11.1 Å². The summed E-state index contributed by atoms with van der Waals surface area (Å²) in [6.07, 6.45) is 1.74. The number of carbonyl (C=O) groups is 2. The lowest BCUT2D eigenvalue weighted by molar-refractivity contribution is -0.123. The number of hydrogen-bond acceptors (Lipinski definition) is 5. The second kappa shape index (κ2) is 11.1. The number of urea groups is 1. The summed E-state index contributed by atoms with van der Waals surface area (Å²) in [6.45, 7) is 1.11. The van der Waals surface area contributed by atoms with E-state index in [9.17, 15) is 18.0 Å². The van der Waals surface area contributed by atoms with Crippen molar-refractivity contribution < 1.29 is 22.4 Å². The predicted octanol–water partition coefficient (Wildman–Crippen LogP) is 4.77. The van der Waals surface area contributed by atoms with Crippen molar-refractivity contribution >= 4 is 44.8 Å². The van der Waals surface area contributed by atoms with E-state index in [0.717, 1.165) is 6.26 Å². The van der Waals surface area contributed by atoms with Gasteiger partial charge in [0.25, 0.3) is 0 Å². The van der Waals surface area contributed by atoms with Gasteiger partial charge in [0.05, 0.1) is 10.6 Å². The van der Waals surface area contributed by atoms with E-state index < -0.39 is 33.1 Å². The summed E-state index contributed by atoms with van der Waals surface area (Å²) in [4.78, 5) is 28.4. The van der Waals surface area contributed by atoms with E-state index in [2.05, 4.69) is 16.0 Å². The number of nitrogens with zero attached hydrogens (tertiary/aromatic N) is 1. The number of piperidine rings is 1. The predicted molar refractivity (Wildman–Crippen MR) is 147 cm³/mol. The molecule has 0 atom stereocenters. The van der Waals surface area contributed by atoms with Gasteiger partial charge in [-0.25, -0.2) is 17.6 Å². The monoisotopic (exact) mass is 558 g/mol. The Hall–Kier alpha value is -3.47. The molecule has 0 saturated carbocycles. The van der Waals surface area contributed by atoms with Crippen molar-refractivity contribution in [2.75, 3.05) is 37.0 Å². The molecule has 0 bridgehead atoms. The number of nitrogens with one attached hydrogen (secondary N) is 3. The second-order valence-corrected chi connectivity index (χ2v) is 11.8. The maximum atomic E-state index is 15.2. The molecule has 200 valence electrons. The van der Waals surface area contributed by atoms with Gasteiger partial charge in [-0.05, 0) is 67.9 Å². The van der Waals surface area contributed by atoms with E-state index >= 15 is 4.39 Å². The molecule has 8 nitrogen and oxygen atoms in total. The van der Waals surface area contributed by atoms with Crippen LogP contribution in [0, 0.1) is 5.82 Å². The quantitative estimate of drug-likeness (QED) is 0.404. The summed E-state index contributed by atoms with van der Waals surface area (Å²) in [5, 5.41) is 8.65. The average Bonchev–Trinajstić information content (AvgIpc) is 2.87. The molecule has 1 aliphatic rings. The highest BCUT2D eigenvalue weighted by atomic mass is 35.5. The molecule has 11 heteroatoms. The summed E-state index contributed by atoms with van der Waals surface area (Å²) in [7, 11) is -1.62. The number of rotatable bonds is 6. The Morgan fingerprint density at radius 3 is 2.26 bits per heavy atom. The van der Waals surface area contributed by atoms with Crippen molar-refractivity contribution in [1.82, 2.24) is 10.2 Å². The third kappa shape index (κ3) is 6.32. The van der Waals surface area contributed by atoms with Gasteiger partial charge in [0.2, 0.25) is 5.91 Å². The first-order chi connectivity index (χ1) is 18.0. The Labute approximate surface area is 226 Å². The molecule has 0 radical (unpaired) electrons. The van der Waals surface area contributed by atoms with Crippen LogP contribution in [-0.2, 0) is 14.6 Å². The molecule has 0 aliphatic carbocycles. The number of hydrogen-bond donors (Lipinski definition) is 3. The molecule has 0 spiro atoms. The molecule has 1 saturated heterocycles.